The number of rotatable bonds is 9. The van der Waals surface area contributed by atoms with Gasteiger partial charge in [-0.05, 0) is 41.5 Å². The molecule has 0 radical (unpaired) electrons. The molecule has 0 saturated heterocycles. The van der Waals surface area contributed by atoms with Gasteiger partial charge in [-0.1, -0.05) is 11.6 Å². The number of furan rings is 1. The summed E-state index contributed by atoms with van der Waals surface area (Å²) >= 11 is 6.38. The highest BCUT2D eigenvalue weighted by atomic mass is 35.5. The largest absolute Gasteiger partial charge is 0.493 e. The number of halogens is 1. The molecule has 0 unspecified atom stereocenters. The van der Waals surface area contributed by atoms with E-state index in [1.807, 2.05) is 18.2 Å². The Morgan fingerprint density at radius 3 is 2.57 bits per heavy atom. The van der Waals surface area contributed by atoms with Gasteiger partial charge in [-0.25, -0.2) is 0 Å². The minimum absolute atomic E-state index is 0.0378. The van der Waals surface area contributed by atoms with Gasteiger partial charge in [-0.15, -0.1) is 0 Å². The Labute approximate surface area is 167 Å². The van der Waals surface area contributed by atoms with Gasteiger partial charge in [0, 0.05) is 29.8 Å². The van der Waals surface area contributed by atoms with Gasteiger partial charge in [-0.2, -0.15) is 0 Å². The Hall–Kier alpha value is -3.03. The highest BCUT2D eigenvalue weighted by molar-refractivity contribution is 6.31. The van der Waals surface area contributed by atoms with Crippen molar-refractivity contribution in [1.82, 2.24) is 5.32 Å². The average Bonchev–Trinajstić information content (AvgIpc) is 3.21. The van der Waals surface area contributed by atoms with E-state index in [-0.39, 0.29) is 12.3 Å². The molecule has 0 amide bonds. The lowest BCUT2D eigenvalue weighted by Crippen LogP contribution is -2.12. The molecule has 0 bridgehead atoms. The fourth-order valence-electron chi connectivity index (χ4n) is 2.59. The van der Waals surface area contributed by atoms with Crippen LogP contribution in [0.15, 0.2) is 59.2 Å². The van der Waals surface area contributed by atoms with Gasteiger partial charge < -0.3 is 19.2 Å². The first kappa shape index (κ1) is 19.7. The molecule has 3 aromatic rings. The lowest BCUT2D eigenvalue weighted by atomic mass is 10.2. The number of nitrogens with one attached hydrogen (secondary N) is 1. The van der Waals surface area contributed by atoms with E-state index in [2.05, 4.69) is 5.32 Å². The second-order valence-corrected chi connectivity index (χ2v) is 6.40. The normalized spacial score (nSPS) is 10.6. The summed E-state index contributed by atoms with van der Waals surface area (Å²) < 4.78 is 16.5. The van der Waals surface area contributed by atoms with Crippen LogP contribution in [0.2, 0.25) is 5.02 Å². The lowest BCUT2D eigenvalue weighted by Gasteiger charge is -2.14. The predicted molar refractivity (Wildman–Crippen MR) is 105 cm³/mol. The summed E-state index contributed by atoms with van der Waals surface area (Å²) in [5.74, 6) is 1.90. The van der Waals surface area contributed by atoms with E-state index in [0.717, 1.165) is 16.9 Å². The molecule has 1 heterocycles. The number of nitro benzene ring substituents is 1. The molecule has 3 rings (SSSR count). The Balaban J connectivity index is 1.64. The first-order valence-corrected chi connectivity index (χ1v) is 8.90. The Kier molecular flexibility index (Phi) is 6.52. The minimum atomic E-state index is -0.438. The molecule has 0 aliphatic heterocycles. The predicted octanol–water partition coefficient (Wildman–Crippen LogP) is 4.72. The first-order chi connectivity index (χ1) is 13.6. The third-order valence-electron chi connectivity index (χ3n) is 4.07. The number of non-ortho nitro benzene ring substituents is 1. The zero-order chi connectivity index (χ0) is 19.9. The molecule has 1 aromatic heterocycles. The monoisotopic (exact) mass is 402 g/mol. The topological polar surface area (TPSA) is 86.8 Å². The van der Waals surface area contributed by atoms with Crippen LogP contribution in [0.3, 0.4) is 0 Å². The molecule has 0 saturated carbocycles. The standard InChI is InChI=1S/C20H19ClN2O5/c1-26-19-9-15(11-22-12-17-3-2-8-27-17)18(21)10-20(19)28-13-14-4-6-16(7-5-14)23(24)25/h2-10,22H,11-13H2,1H3. The second kappa shape index (κ2) is 9.25. The van der Waals surface area contributed by atoms with Gasteiger partial charge in [-0.3, -0.25) is 10.1 Å². The summed E-state index contributed by atoms with van der Waals surface area (Å²) in [5.41, 5.74) is 1.71. The highest BCUT2D eigenvalue weighted by Gasteiger charge is 2.12. The van der Waals surface area contributed by atoms with E-state index in [0.29, 0.717) is 29.6 Å². The van der Waals surface area contributed by atoms with Crippen molar-refractivity contribution in [3.8, 4) is 11.5 Å². The number of nitro groups is 1. The maximum absolute atomic E-state index is 10.7. The van der Waals surface area contributed by atoms with Crippen LogP contribution < -0.4 is 14.8 Å². The van der Waals surface area contributed by atoms with Crippen molar-refractivity contribution in [3.63, 3.8) is 0 Å². The zero-order valence-corrected chi connectivity index (χ0v) is 15.9. The number of hydrogen-bond acceptors (Lipinski definition) is 6. The maximum atomic E-state index is 10.7. The summed E-state index contributed by atoms with van der Waals surface area (Å²) in [4.78, 5) is 10.3. The number of ether oxygens (including phenoxy) is 2. The van der Waals surface area contributed by atoms with Crippen LogP contribution in [0, 0.1) is 10.1 Å². The Bertz CT molecular complexity index is 927. The molecular weight excluding hydrogens is 384 g/mol. The molecule has 0 spiro atoms. The third kappa shape index (κ3) is 5.03. The van der Waals surface area contributed by atoms with Gasteiger partial charge in [0.15, 0.2) is 11.5 Å². The van der Waals surface area contributed by atoms with E-state index in [1.54, 1.807) is 31.6 Å². The summed E-state index contributed by atoms with van der Waals surface area (Å²) in [5, 5.41) is 14.5. The van der Waals surface area contributed by atoms with Crippen LogP contribution in [0.25, 0.3) is 0 Å². The van der Waals surface area contributed by atoms with Crippen LogP contribution in [0.5, 0.6) is 11.5 Å². The van der Waals surface area contributed by atoms with Gasteiger partial charge >= 0.3 is 0 Å². The third-order valence-corrected chi connectivity index (χ3v) is 4.42. The van der Waals surface area contributed by atoms with E-state index < -0.39 is 4.92 Å². The molecule has 28 heavy (non-hydrogen) atoms. The molecular formula is C20H19ClN2O5. The fourth-order valence-corrected chi connectivity index (χ4v) is 2.81. The molecule has 0 atom stereocenters. The van der Waals surface area contributed by atoms with Crippen molar-refractivity contribution in [3.05, 3.63) is 86.8 Å². The Morgan fingerprint density at radius 2 is 1.93 bits per heavy atom. The molecule has 1 N–H and O–H groups in total. The van der Waals surface area contributed by atoms with Crippen LogP contribution in [0.1, 0.15) is 16.9 Å². The van der Waals surface area contributed by atoms with Crippen LogP contribution >= 0.6 is 11.6 Å². The minimum Gasteiger partial charge on any atom is -0.493 e. The van der Waals surface area contributed by atoms with Crippen molar-refractivity contribution >= 4 is 17.3 Å². The van der Waals surface area contributed by atoms with Crippen LogP contribution in [-0.4, -0.2) is 12.0 Å². The molecule has 2 aromatic carbocycles. The summed E-state index contributed by atoms with van der Waals surface area (Å²) in [7, 11) is 1.56. The van der Waals surface area contributed by atoms with Crippen molar-refractivity contribution in [2.45, 2.75) is 19.7 Å². The van der Waals surface area contributed by atoms with Gasteiger partial charge in [0.25, 0.3) is 5.69 Å². The molecule has 8 heteroatoms. The lowest BCUT2D eigenvalue weighted by molar-refractivity contribution is -0.384. The van der Waals surface area contributed by atoms with E-state index >= 15 is 0 Å². The van der Waals surface area contributed by atoms with E-state index in [9.17, 15) is 10.1 Å². The van der Waals surface area contributed by atoms with Crippen LogP contribution in [0.4, 0.5) is 5.69 Å². The number of nitrogens with zero attached hydrogens (tertiary/aromatic N) is 1. The van der Waals surface area contributed by atoms with E-state index in [4.69, 9.17) is 25.5 Å². The number of methoxy groups -OCH3 is 1. The average molecular weight is 403 g/mol. The first-order valence-electron chi connectivity index (χ1n) is 8.52. The van der Waals surface area contributed by atoms with Crippen molar-refractivity contribution in [2.24, 2.45) is 0 Å². The molecule has 0 fully saturated rings. The maximum Gasteiger partial charge on any atom is 0.269 e. The van der Waals surface area contributed by atoms with E-state index in [1.165, 1.54) is 12.1 Å². The molecule has 146 valence electrons. The fraction of sp³-hybridized carbons (Fsp3) is 0.200. The highest BCUT2D eigenvalue weighted by Crippen LogP contribution is 2.34. The van der Waals surface area contributed by atoms with Crippen molar-refractivity contribution < 1.29 is 18.8 Å². The smallest absolute Gasteiger partial charge is 0.269 e. The summed E-state index contributed by atoms with van der Waals surface area (Å²) in [6.07, 6.45) is 1.63. The van der Waals surface area contributed by atoms with Crippen LogP contribution in [-0.2, 0) is 19.7 Å². The Morgan fingerprint density at radius 1 is 1.14 bits per heavy atom. The zero-order valence-electron chi connectivity index (χ0n) is 15.2. The molecule has 0 aliphatic rings. The van der Waals surface area contributed by atoms with Crippen molar-refractivity contribution in [2.75, 3.05) is 7.11 Å². The van der Waals surface area contributed by atoms with Gasteiger partial charge in [0.2, 0.25) is 0 Å². The summed E-state index contributed by atoms with van der Waals surface area (Å²) in [6, 6.07) is 13.4. The molecule has 7 nitrogen and oxygen atoms in total. The summed E-state index contributed by atoms with van der Waals surface area (Å²) in [6.45, 7) is 1.36. The van der Waals surface area contributed by atoms with Gasteiger partial charge in [0.1, 0.15) is 12.4 Å². The van der Waals surface area contributed by atoms with Gasteiger partial charge in [0.05, 0.1) is 24.8 Å². The quantitative estimate of drug-likeness (QED) is 0.411. The number of hydrogen-bond donors (Lipinski definition) is 1. The second-order valence-electron chi connectivity index (χ2n) is 5.99. The SMILES string of the molecule is COc1cc(CNCc2ccco2)c(Cl)cc1OCc1ccc([N+](=O)[O-])cc1. The number of benzene rings is 2. The van der Waals surface area contributed by atoms with Crippen molar-refractivity contribution in [1.29, 1.82) is 0 Å². The molecule has 0 aliphatic carbocycles.